The number of rotatable bonds is 21. The van der Waals surface area contributed by atoms with E-state index in [4.69, 9.17) is 37.9 Å². The zero-order chi connectivity index (χ0) is 22.2. The van der Waals surface area contributed by atoms with Gasteiger partial charge in [0.25, 0.3) is 0 Å². The van der Waals surface area contributed by atoms with Crippen molar-refractivity contribution in [3.8, 4) is 0 Å². The fraction of sp³-hybridized carbons (Fsp3) is 1.00. The molecule has 0 radical (unpaired) electrons. The van der Waals surface area contributed by atoms with Crippen molar-refractivity contribution in [1.29, 1.82) is 0 Å². The molecule has 8 atom stereocenters. The Kier molecular flexibility index (Phi) is 10.7. The molecule has 4 aliphatic heterocycles. The second kappa shape index (κ2) is 13.5. The molecule has 32 heavy (non-hydrogen) atoms. The lowest BCUT2D eigenvalue weighted by atomic mass is 10.2. The molecule has 0 N–H and O–H groups in total. The van der Waals surface area contributed by atoms with Gasteiger partial charge in [0.05, 0.1) is 50.1 Å². The first-order valence-corrected chi connectivity index (χ1v) is 14.1. The number of hydrogen-bond donors (Lipinski definition) is 0. The normalized spacial score (nSPS) is 34.3. The molecule has 4 fully saturated rings. The molecule has 0 aliphatic carbocycles. The Morgan fingerprint density at radius 1 is 0.719 bits per heavy atom. The maximum Gasteiger partial charge on any atom is 0.185 e. The van der Waals surface area contributed by atoms with Crippen LogP contribution in [0.3, 0.4) is 0 Å². The summed E-state index contributed by atoms with van der Waals surface area (Å²) in [5, 5.41) is 0.490. The van der Waals surface area contributed by atoms with Gasteiger partial charge < -0.3 is 37.9 Å². The Morgan fingerprint density at radius 3 is 1.53 bits per heavy atom. The van der Waals surface area contributed by atoms with Crippen LogP contribution in [0, 0.1) is 0 Å². The monoisotopic (exact) mass is 494 g/mol. The van der Waals surface area contributed by atoms with E-state index in [0.717, 1.165) is 50.8 Å². The second-order valence-electron chi connectivity index (χ2n) is 8.41. The average Bonchev–Trinajstić information content (AvgIpc) is 3.60. The molecule has 0 aromatic heterocycles. The maximum absolute atomic E-state index is 5.97. The van der Waals surface area contributed by atoms with Crippen LogP contribution >= 0.6 is 23.5 Å². The minimum Gasteiger partial charge on any atom is -0.378 e. The van der Waals surface area contributed by atoms with Crippen molar-refractivity contribution in [2.75, 3.05) is 64.4 Å². The fourth-order valence-electron chi connectivity index (χ4n) is 3.42. The van der Waals surface area contributed by atoms with E-state index in [1.54, 1.807) is 0 Å². The first-order chi connectivity index (χ1) is 15.8. The molecule has 4 saturated heterocycles. The Balaban J connectivity index is 1.28. The highest BCUT2D eigenvalue weighted by Gasteiger charge is 2.56. The number of thioether (sulfide) groups is 2. The first kappa shape index (κ1) is 25.5. The molecule has 0 bridgehead atoms. The van der Waals surface area contributed by atoms with Gasteiger partial charge >= 0.3 is 0 Å². The Bertz CT molecular complexity index is 490. The van der Waals surface area contributed by atoms with E-state index in [9.17, 15) is 0 Å². The average molecular weight is 495 g/mol. The van der Waals surface area contributed by atoms with E-state index in [2.05, 4.69) is 13.8 Å². The summed E-state index contributed by atoms with van der Waals surface area (Å²) in [5.74, 6) is 1.80. The molecule has 0 aromatic rings. The van der Waals surface area contributed by atoms with Crippen LogP contribution in [0.2, 0.25) is 0 Å². The van der Waals surface area contributed by atoms with Crippen LogP contribution in [-0.4, -0.2) is 112 Å². The molecular weight excluding hydrogens is 456 g/mol. The second-order valence-corrected chi connectivity index (χ2v) is 11.0. The molecule has 10 heteroatoms. The first-order valence-electron chi connectivity index (χ1n) is 12.0. The Morgan fingerprint density at radius 2 is 1.16 bits per heavy atom. The third-order valence-electron chi connectivity index (χ3n) is 5.40. The van der Waals surface area contributed by atoms with E-state index in [0.29, 0.717) is 38.6 Å². The lowest BCUT2D eigenvalue weighted by Crippen LogP contribution is -2.34. The minimum atomic E-state index is -0.117. The van der Waals surface area contributed by atoms with Gasteiger partial charge in [-0.15, -0.1) is 0 Å². The molecular formula is C22H38O8S2. The summed E-state index contributed by atoms with van der Waals surface area (Å²) in [6, 6.07) is 0. The highest BCUT2D eigenvalue weighted by Crippen LogP contribution is 2.45. The van der Waals surface area contributed by atoms with E-state index in [1.807, 2.05) is 23.5 Å². The molecule has 8 nitrogen and oxygen atoms in total. The van der Waals surface area contributed by atoms with Crippen LogP contribution in [0.4, 0.5) is 0 Å². The molecule has 186 valence electrons. The predicted octanol–water partition coefficient (Wildman–Crippen LogP) is 2.32. The highest BCUT2D eigenvalue weighted by molar-refractivity contribution is 8.03. The van der Waals surface area contributed by atoms with Crippen LogP contribution in [0.1, 0.15) is 26.7 Å². The third-order valence-corrected chi connectivity index (χ3v) is 8.27. The van der Waals surface area contributed by atoms with Gasteiger partial charge in [-0.3, -0.25) is 0 Å². The number of hydrogen-bond acceptors (Lipinski definition) is 10. The zero-order valence-electron chi connectivity index (χ0n) is 19.2. The molecule has 0 saturated carbocycles. The molecule has 8 unspecified atom stereocenters. The summed E-state index contributed by atoms with van der Waals surface area (Å²) < 4.78 is 45.6. The molecule has 0 spiro atoms. The Labute approximate surface area is 200 Å². The summed E-state index contributed by atoms with van der Waals surface area (Å²) in [6.45, 7) is 10.1. The third kappa shape index (κ3) is 8.87. The van der Waals surface area contributed by atoms with Crippen LogP contribution in [0.25, 0.3) is 0 Å². The fourth-order valence-corrected chi connectivity index (χ4v) is 6.31. The van der Waals surface area contributed by atoms with E-state index < -0.39 is 0 Å². The molecule has 4 aliphatic rings. The van der Waals surface area contributed by atoms with Crippen molar-refractivity contribution in [3.05, 3.63) is 0 Å². The summed E-state index contributed by atoms with van der Waals surface area (Å²) in [6.07, 6.45) is 2.49. The zero-order valence-corrected chi connectivity index (χ0v) is 20.8. The van der Waals surface area contributed by atoms with E-state index in [1.165, 1.54) is 0 Å². The largest absolute Gasteiger partial charge is 0.378 e. The minimum absolute atomic E-state index is 0.0765. The van der Waals surface area contributed by atoms with Crippen LogP contribution in [0.15, 0.2) is 0 Å². The van der Waals surface area contributed by atoms with Crippen LogP contribution in [-0.2, 0) is 37.9 Å². The summed E-state index contributed by atoms with van der Waals surface area (Å²) in [5.41, 5.74) is 0. The molecule has 0 amide bonds. The van der Waals surface area contributed by atoms with Crippen molar-refractivity contribution < 1.29 is 37.9 Å². The van der Waals surface area contributed by atoms with Crippen molar-refractivity contribution in [2.45, 2.75) is 74.2 Å². The Hall–Kier alpha value is 0.380. The van der Waals surface area contributed by atoms with Crippen molar-refractivity contribution in [3.63, 3.8) is 0 Å². The molecule has 4 heterocycles. The van der Waals surface area contributed by atoms with Gasteiger partial charge in [0.2, 0.25) is 0 Å². The van der Waals surface area contributed by atoms with Gasteiger partial charge in [-0.05, 0) is 12.8 Å². The summed E-state index contributed by atoms with van der Waals surface area (Å²) in [4.78, 5) is 0. The van der Waals surface area contributed by atoms with Crippen molar-refractivity contribution in [2.24, 2.45) is 0 Å². The van der Waals surface area contributed by atoms with Gasteiger partial charge in [0, 0.05) is 24.7 Å². The maximum atomic E-state index is 5.97. The van der Waals surface area contributed by atoms with E-state index in [-0.39, 0.29) is 35.3 Å². The molecule has 0 aromatic carbocycles. The smallest absolute Gasteiger partial charge is 0.185 e. The van der Waals surface area contributed by atoms with Crippen molar-refractivity contribution in [1.82, 2.24) is 0 Å². The van der Waals surface area contributed by atoms with Gasteiger partial charge in [0.15, 0.2) is 12.6 Å². The highest BCUT2D eigenvalue weighted by atomic mass is 32.2. The van der Waals surface area contributed by atoms with Crippen molar-refractivity contribution >= 4 is 23.5 Å². The number of epoxide rings is 4. The topological polar surface area (TPSA) is 87.0 Å². The lowest BCUT2D eigenvalue weighted by Gasteiger charge is -2.24. The number of ether oxygens (including phenoxy) is 8. The van der Waals surface area contributed by atoms with Crippen LogP contribution < -0.4 is 0 Å². The summed E-state index contributed by atoms with van der Waals surface area (Å²) >= 11 is 3.79. The quantitative estimate of drug-likeness (QED) is 0.175. The van der Waals surface area contributed by atoms with Crippen LogP contribution in [0.5, 0.6) is 0 Å². The van der Waals surface area contributed by atoms with Gasteiger partial charge in [-0.2, -0.15) is 23.5 Å². The SMILES string of the molecule is CCCOC1OC1C(SCCOCC1CO1)C(SCCOCC1CO1)C1OC1OCCC. The predicted molar refractivity (Wildman–Crippen MR) is 123 cm³/mol. The van der Waals surface area contributed by atoms with Gasteiger partial charge in [-0.25, -0.2) is 0 Å². The lowest BCUT2D eigenvalue weighted by molar-refractivity contribution is 0.0505. The standard InChI is InChI=1S/C22H38O8S2/c1-3-5-25-21-17(29-21)19(31-9-7-23-11-15-13-27-15)20(18-22(30-18)26-6-4-2)32-10-8-24-12-16-14-28-16/h15-22H,3-14H2,1-2H3. The van der Waals surface area contributed by atoms with Gasteiger partial charge in [-0.1, -0.05) is 13.8 Å². The molecule has 4 rings (SSSR count). The summed E-state index contributed by atoms with van der Waals surface area (Å²) in [7, 11) is 0. The van der Waals surface area contributed by atoms with Gasteiger partial charge in [0.1, 0.15) is 24.4 Å². The van der Waals surface area contributed by atoms with E-state index >= 15 is 0 Å².